The normalized spacial score (nSPS) is 19.9. The number of para-hydroxylation sites is 1. The molecule has 1 spiro atoms. The number of ether oxygens (including phenoxy) is 1. The lowest BCUT2D eigenvalue weighted by Crippen LogP contribution is -2.50. The lowest BCUT2D eigenvalue weighted by Gasteiger charge is -2.38. The molecule has 6 heteroatoms. The molecule has 0 atom stereocenters. The molecule has 2 aliphatic heterocycles. The number of carbonyl (C=O) groups excluding carboxylic acids is 2. The molecule has 2 fully saturated rings. The first-order valence-corrected chi connectivity index (χ1v) is 7.88. The molecule has 6 nitrogen and oxygen atoms in total. The van der Waals surface area contributed by atoms with Gasteiger partial charge in [-0.25, -0.2) is 14.5 Å². The first-order valence-electron chi connectivity index (χ1n) is 7.88. The summed E-state index contributed by atoms with van der Waals surface area (Å²) in [5.41, 5.74) is 0.713. The zero-order chi connectivity index (χ0) is 16.4. The van der Waals surface area contributed by atoms with Crippen LogP contribution >= 0.6 is 0 Å². The average Bonchev–Trinajstić information content (AvgIpc) is 2.79. The van der Waals surface area contributed by atoms with E-state index in [-0.39, 0.29) is 6.03 Å². The summed E-state index contributed by atoms with van der Waals surface area (Å²) in [6.07, 6.45) is 0.739. The van der Waals surface area contributed by atoms with Gasteiger partial charge in [-0.3, -0.25) is 0 Å². The summed E-state index contributed by atoms with van der Waals surface area (Å²) < 4.78 is 5.69. The van der Waals surface area contributed by atoms with Crippen molar-refractivity contribution in [3.8, 4) is 0 Å². The maximum atomic E-state index is 12.3. The van der Waals surface area contributed by atoms with E-state index in [9.17, 15) is 9.59 Å². The van der Waals surface area contributed by atoms with E-state index in [0.29, 0.717) is 38.2 Å². The van der Waals surface area contributed by atoms with Gasteiger partial charge in [0, 0.05) is 32.5 Å². The molecular formula is C17H21N3O3. The maximum absolute atomic E-state index is 12.3. The highest BCUT2D eigenvalue weighted by Gasteiger charge is 2.51. The van der Waals surface area contributed by atoms with Crippen LogP contribution in [0.15, 0.2) is 42.6 Å². The largest absolute Gasteiger partial charge is 0.436 e. The minimum Gasteiger partial charge on any atom is -0.436 e. The number of likely N-dealkylation sites (tertiary alicyclic amines) is 1. The molecule has 1 aromatic carbocycles. The zero-order valence-electron chi connectivity index (χ0n) is 13.2. The lowest BCUT2D eigenvalue weighted by atomic mass is 9.88. The number of carbonyl (C=O) groups is 2. The standard InChI is InChI=1S/C17H21N3O3/c1-3-18-15(21)19-11-9-17(10-12-19)13(2)20(16(22)23-17)14-7-5-4-6-8-14/h4-8H,2-3,9-12H2,1H3,(H,18,21). The number of anilines is 1. The van der Waals surface area contributed by atoms with Crippen LogP contribution in [0.3, 0.4) is 0 Å². The Kier molecular flexibility index (Phi) is 3.98. The second kappa shape index (κ2) is 5.95. The second-order valence-corrected chi connectivity index (χ2v) is 5.80. The number of rotatable bonds is 2. The fraction of sp³-hybridized carbons (Fsp3) is 0.412. The highest BCUT2D eigenvalue weighted by atomic mass is 16.6. The van der Waals surface area contributed by atoms with Crippen molar-refractivity contribution in [2.45, 2.75) is 25.4 Å². The van der Waals surface area contributed by atoms with Crippen LogP contribution in [0.1, 0.15) is 19.8 Å². The molecule has 0 radical (unpaired) electrons. The number of hydrogen-bond acceptors (Lipinski definition) is 3. The molecule has 122 valence electrons. The minimum atomic E-state index is -0.698. The monoisotopic (exact) mass is 315 g/mol. The van der Waals surface area contributed by atoms with Crippen molar-refractivity contribution in [1.29, 1.82) is 0 Å². The SMILES string of the molecule is C=C1N(c2ccccc2)C(=O)OC12CCN(C(=O)NCC)CC2. The second-order valence-electron chi connectivity index (χ2n) is 5.80. The Morgan fingerprint density at radius 1 is 1.30 bits per heavy atom. The molecule has 0 aromatic heterocycles. The number of hydrogen-bond donors (Lipinski definition) is 1. The number of nitrogens with zero attached hydrogens (tertiary/aromatic N) is 2. The zero-order valence-corrected chi connectivity index (χ0v) is 13.2. The summed E-state index contributed by atoms with van der Waals surface area (Å²) in [4.78, 5) is 27.5. The molecule has 3 rings (SSSR count). The van der Waals surface area contributed by atoms with Crippen LogP contribution in [0, 0.1) is 0 Å². The molecule has 0 aliphatic carbocycles. The summed E-state index contributed by atoms with van der Waals surface area (Å²) in [6.45, 7) is 7.68. The number of amides is 3. The molecule has 2 heterocycles. The summed E-state index contributed by atoms with van der Waals surface area (Å²) in [6, 6.07) is 9.29. The van der Waals surface area contributed by atoms with Crippen LogP contribution in [0.5, 0.6) is 0 Å². The van der Waals surface area contributed by atoms with Gasteiger partial charge in [-0.2, -0.15) is 0 Å². The van der Waals surface area contributed by atoms with Gasteiger partial charge in [0.05, 0.1) is 11.4 Å². The third-order valence-electron chi connectivity index (χ3n) is 4.46. The van der Waals surface area contributed by atoms with E-state index in [1.807, 2.05) is 37.3 Å². The minimum absolute atomic E-state index is 0.0720. The molecule has 2 saturated heterocycles. The van der Waals surface area contributed by atoms with Gasteiger partial charge in [-0.05, 0) is 19.1 Å². The van der Waals surface area contributed by atoms with Crippen LogP contribution in [0.4, 0.5) is 15.3 Å². The van der Waals surface area contributed by atoms with Gasteiger partial charge in [-0.1, -0.05) is 24.8 Å². The first-order chi connectivity index (χ1) is 11.1. The van der Waals surface area contributed by atoms with E-state index in [2.05, 4.69) is 11.9 Å². The third kappa shape index (κ3) is 2.65. The molecule has 0 saturated carbocycles. The van der Waals surface area contributed by atoms with Crippen LogP contribution in [-0.4, -0.2) is 42.3 Å². The van der Waals surface area contributed by atoms with Crippen molar-refractivity contribution in [1.82, 2.24) is 10.2 Å². The van der Waals surface area contributed by atoms with Crippen molar-refractivity contribution < 1.29 is 14.3 Å². The van der Waals surface area contributed by atoms with Gasteiger partial charge < -0.3 is 15.0 Å². The maximum Gasteiger partial charge on any atom is 0.419 e. The van der Waals surface area contributed by atoms with Crippen molar-refractivity contribution in [2.75, 3.05) is 24.5 Å². The molecule has 2 aliphatic rings. The predicted molar refractivity (Wildman–Crippen MR) is 87.2 cm³/mol. The smallest absolute Gasteiger partial charge is 0.419 e. The molecule has 0 unspecified atom stereocenters. The van der Waals surface area contributed by atoms with Crippen molar-refractivity contribution in [3.63, 3.8) is 0 Å². The molecular weight excluding hydrogens is 294 g/mol. The highest BCUT2D eigenvalue weighted by molar-refractivity contribution is 5.95. The van der Waals surface area contributed by atoms with E-state index in [1.54, 1.807) is 4.90 Å². The van der Waals surface area contributed by atoms with Crippen LogP contribution in [-0.2, 0) is 4.74 Å². The van der Waals surface area contributed by atoms with Gasteiger partial charge >= 0.3 is 12.1 Å². The Hall–Kier alpha value is -2.50. The topological polar surface area (TPSA) is 61.9 Å². The quantitative estimate of drug-likeness (QED) is 0.913. The van der Waals surface area contributed by atoms with Crippen molar-refractivity contribution >= 4 is 17.8 Å². The fourth-order valence-corrected chi connectivity index (χ4v) is 3.15. The third-order valence-corrected chi connectivity index (χ3v) is 4.46. The van der Waals surface area contributed by atoms with Crippen molar-refractivity contribution in [3.05, 3.63) is 42.6 Å². The Morgan fingerprint density at radius 2 is 1.96 bits per heavy atom. The number of urea groups is 1. The van der Waals surface area contributed by atoms with E-state index < -0.39 is 11.7 Å². The highest BCUT2D eigenvalue weighted by Crippen LogP contribution is 2.42. The number of benzene rings is 1. The number of piperidine rings is 1. The van der Waals surface area contributed by atoms with E-state index >= 15 is 0 Å². The molecule has 1 N–H and O–H groups in total. The number of nitrogens with one attached hydrogen (secondary N) is 1. The Balaban J connectivity index is 1.74. The van der Waals surface area contributed by atoms with Crippen molar-refractivity contribution in [2.24, 2.45) is 0 Å². The van der Waals surface area contributed by atoms with Gasteiger partial charge in [0.1, 0.15) is 0 Å². The van der Waals surface area contributed by atoms with Gasteiger partial charge in [0.25, 0.3) is 0 Å². The van der Waals surface area contributed by atoms with Gasteiger partial charge in [-0.15, -0.1) is 0 Å². The summed E-state index contributed by atoms with van der Waals surface area (Å²) in [5, 5.41) is 2.80. The average molecular weight is 315 g/mol. The molecule has 0 bridgehead atoms. The predicted octanol–water partition coefficient (Wildman–Crippen LogP) is 2.72. The van der Waals surface area contributed by atoms with Crippen LogP contribution in [0.25, 0.3) is 0 Å². The Labute approximate surface area is 135 Å². The van der Waals surface area contributed by atoms with Gasteiger partial charge in [0.2, 0.25) is 0 Å². The summed E-state index contributed by atoms with van der Waals surface area (Å²) >= 11 is 0. The van der Waals surface area contributed by atoms with E-state index in [0.717, 1.165) is 5.69 Å². The Bertz CT molecular complexity index is 621. The fourth-order valence-electron chi connectivity index (χ4n) is 3.15. The van der Waals surface area contributed by atoms with E-state index in [4.69, 9.17) is 4.74 Å². The first kappa shape index (κ1) is 15.4. The Morgan fingerprint density at radius 3 is 2.57 bits per heavy atom. The molecule has 1 aromatic rings. The van der Waals surface area contributed by atoms with Crippen LogP contribution < -0.4 is 10.2 Å². The van der Waals surface area contributed by atoms with Crippen LogP contribution in [0.2, 0.25) is 0 Å². The molecule has 3 amide bonds. The van der Waals surface area contributed by atoms with E-state index in [1.165, 1.54) is 4.90 Å². The summed E-state index contributed by atoms with van der Waals surface area (Å²) in [7, 11) is 0. The molecule has 23 heavy (non-hydrogen) atoms. The summed E-state index contributed by atoms with van der Waals surface area (Å²) in [5.74, 6) is 0. The lowest BCUT2D eigenvalue weighted by molar-refractivity contribution is 0.0241. The van der Waals surface area contributed by atoms with Gasteiger partial charge in [0.15, 0.2) is 5.60 Å².